The lowest BCUT2D eigenvalue weighted by atomic mass is 9.84. The Balaban J connectivity index is 2.35. The van der Waals surface area contributed by atoms with Gasteiger partial charge in [0.05, 0.1) is 0 Å². The summed E-state index contributed by atoms with van der Waals surface area (Å²) >= 11 is 0. The van der Waals surface area contributed by atoms with E-state index in [1.165, 1.54) is 6.07 Å². The van der Waals surface area contributed by atoms with Gasteiger partial charge in [0.15, 0.2) is 11.7 Å². The van der Waals surface area contributed by atoms with E-state index in [9.17, 15) is 24.6 Å². The second kappa shape index (κ2) is 6.91. The predicted molar refractivity (Wildman–Crippen MR) is 80.3 cm³/mol. The average molecular weight is 316 g/mol. The Labute approximate surface area is 132 Å². The number of carboxylic acids is 2. The van der Waals surface area contributed by atoms with Gasteiger partial charge >= 0.3 is 11.9 Å². The average Bonchev–Trinajstić information content (AvgIpc) is 2.93. The quantitative estimate of drug-likeness (QED) is 0.601. The molecule has 0 saturated carbocycles. The minimum atomic E-state index is -1.76. The van der Waals surface area contributed by atoms with Gasteiger partial charge in [-0.2, -0.15) is 0 Å². The number of carbonyl (C=O) groups excluding carboxylic acids is 1. The molecule has 23 heavy (non-hydrogen) atoms. The normalized spacial score (nSPS) is 12.1. The van der Waals surface area contributed by atoms with E-state index in [0.29, 0.717) is 11.3 Å². The number of carboxylic acid groups (broad SMARTS) is 2. The van der Waals surface area contributed by atoms with Gasteiger partial charge in [-0.05, 0) is 19.1 Å². The summed E-state index contributed by atoms with van der Waals surface area (Å²) in [6.07, 6.45) is -0.264. The van der Waals surface area contributed by atoms with E-state index in [1.54, 1.807) is 43.3 Å². The third kappa shape index (κ3) is 3.85. The van der Waals surface area contributed by atoms with Crippen LogP contribution in [0.15, 0.2) is 46.9 Å². The molecule has 0 amide bonds. The zero-order chi connectivity index (χ0) is 17.0. The Hall–Kier alpha value is -2.89. The molecule has 120 valence electrons. The highest BCUT2D eigenvalue weighted by Gasteiger charge is 2.39. The van der Waals surface area contributed by atoms with Crippen molar-refractivity contribution < 1.29 is 29.0 Å². The fraction of sp³-hybridized carbons (Fsp3) is 0.235. The van der Waals surface area contributed by atoms with Crippen LogP contribution in [0.2, 0.25) is 0 Å². The van der Waals surface area contributed by atoms with Crippen LogP contribution in [-0.2, 0) is 9.59 Å². The third-order valence-electron chi connectivity index (χ3n) is 3.56. The van der Waals surface area contributed by atoms with Gasteiger partial charge < -0.3 is 14.6 Å². The first-order chi connectivity index (χ1) is 10.9. The summed E-state index contributed by atoms with van der Waals surface area (Å²) in [5, 5.41) is 18.5. The van der Waals surface area contributed by atoms with Crippen molar-refractivity contribution in [3.8, 4) is 0 Å². The van der Waals surface area contributed by atoms with E-state index in [0.717, 1.165) is 0 Å². The van der Waals surface area contributed by atoms with Crippen molar-refractivity contribution >= 4 is 17.7 Å². The van der Waals surface area contributed by atoms with Crippen molar-refractivity contribution in [3.05, 3.63) is 59.5 Å². The number of hydrogen-bond acceptors (Lipinski definition) is 4. The highest BCUT2D eigenvalue weighted by atomic mass is 16.4. The van der Waals surface area contributed by atoms with Gasteiger partial charge in [0, 0.05) is 17.9 Å². The first kappa shape index (κ1) is 16.5. The molecule has 0 fully saturated rings. The Morgan fingerprint density at radius 3 is 2.09 bits per heavy atom. The van der Waals surface area contributed by atoms with Crippen molar-refractivity contribution in [1.82, 2.24) is 0 Å². The molecular weight excluding hydrogens is 300 g/mol. The first-order valence-corrected chi connectivity index (χ1v) is 7.00. The van der Waals surface area contributed by atoms with Crippen LogP contribution in [0.4, 0.5) is 0 Å². The number of benzene rings is 1. The van der Waals surface area contributed by atoms with Crippen molar-refractivity contribution in [2.75, 3.05) is 0 Å². The second-order valence-corrected chi connectivity index (χ2v) is 5.20. The van der Waals surface area contributed by atoms with E-state index < -0.39 is 23.8 Å². The minimum Gasteiger partial charge on any atom is -0.481 e. The van der Waals surface area contributed by atoms with Crippen molar-refractivity contribution in [2.45, 2.75) is 19.3 Å². The van der Waals surface area contributed by atoms with Crippen LogP contribution in [0, 0.1) is 12.8 Å². The second-order valence-electron chi connectivity index (χ2n) is 5.20. The van der Waals surface area contributed by atoms with Crippen molar-refractivity contribution in [3.63, 3.8) is 0 Å². The van der Waals surface area contributed by atoms with Gasteiger partial charge in [-0.25, -0.2) is 0 Å². The molecule has 2 aromatic rings. The van der Waals surface area contributed by atoms with Crippen molar-refractivity contribution in [2.24, 2.45) is 5.92 Å². The van der Waals surface area contributed by atoms with Crippen LogP contribution in [0.3, 0.4) is 0 Å². The monoisotopic (exact) mass is 316 g/mol. The SMILES string of the molecule is Cc1ccc(C(CC(=O)c2ccccc2)C(C(=O)O)C(=O)O)o1. The van der Waals surface area contributed by atoms with E-state index in [-0.39, 0.29) is 18.0 Å². The summed E-state index contributed by atoms with van der Waals surface area (Å²) in [7, 11) is 0. The van der Waals surface area contributed by atoms with Crippen LogP contribution in [0.25, 0.3) is 0 Å². The van der Waals surface area contributed by atoms with Crippen LogP contribution in [-0.4, -0.2) is 27.9 Å². The lowest BCUT2D eigenvalue weighted by Crippen LogP contribution is -2.31. The highest BCUT2D eigenvalue weighted by molar-refractivity contribution is 5.99. The molecule has 6 nitrogen and oxygen atoms in total. The fourth-order valence-corrected chi connectivity index (χ4v) is 2.43. The Morgan fingerprint density at radius 1 is 1.00 bits per heavy atom. The minimum absolute atomic E-state index is 0.182. The number of furan rings is 1. The van der Waals surface area contributed by atoms with Crippen LogP contribution in [0.5, 0.6) is 0 Å². The molecule has 1 aromatic heterocycles. The number of Topliss-reactive ketones (excluding diaryl/α,β-unsaturated/α-hetero) is 1. The van der Waals surface area contributed by atoms with E-state index in [4.69, 9.17) is 4.42 Å². The highest BCUT2D eigenvalue weighted by Crippen LogP contribution is 2.31. The molecule has 2 N–H and O–H groups in total. The molecule has 1 atom stereocenters. The molecule has 0 radical (unpaired) electrons. The maximum atomic E-state index is 12.4. The Kier molecular flexibility index (Phi) is 4.95. The van der Waals surface area contributed by atoms with Gasteiger partial charge in [-0.15, -0.1) is 0 Å². The Morgan fingerprint density at radius 2 is 1.61 bits per heavy atom. The molecule has 0 bridgehead atoms. The fourth-order valence-electron chi connectivity index (χ4n) is 2.43. The molecule has 2 rings (SSSR count). The predicted octanol–water partition coefficient (Wildman–Crippen LogP) is 2.73. The number of rotatable bonds is 7. The van der Waals surface area contributed by atoms with Gasteiger partial charge in [-0.3, -0.25) is 14.4 Å². The molecule has 0 aliphatic carbocycles. The topological polar surface area (TPSA) is 105 Å². The van der Waals surface area contributed by atoms with E-state index >= 15 is 0 Å². The summed E-state index contributed by atoms with van der Waals surface area (Å²) in [5.74, 6) is -5.47. The molecule has 0 aliphatic rings. The van der Waals surface area contributed by atoms with E-state index in [1.807, 2.05) is 0 Å². The molecule has 1 aromatic carbocycles. The molecule has 1 unspecified atom stereocenters. The number of ketones is 1. The number of aliphatic carboxylic acids is 2. The lowest BCUT2D eigenvalue weighted by Gasteiger charge is -2.18. The van der Waals surface area contributed by atoms with Gasteiger partial charge in [0.25, 0.3) is 0 Å². The molecule has 0 saturated heterocycles. The zero-order valence-corrected chi connectivity index (χ0v) is 12.4. The maximum Gasteiger partial charge on any atom is 0.318 e. The molecule has 6 heteroatoms. The summed E-state index contributed by atoms with van der Waals surface area (Å²) < 4.78 is 5.38. The first-order valence-electron chi connectivity index (χ1n) is 7.00. The van der Waals surface area contributed by atoms with Crippen LogP contribution < -0.4 is 0 Å². The molecule has 1 heterocycles. The largest absolute Gasteiger partial charge is 0.481 e. The van der Waals surface area contributed by atoms with Gasteiger partial charge in [0.2, 0.25) is 0 Å². The molecular formula is C17H16O6. The standard InChI is InChI=1S/C17H16O6/c1-10-7-8-14(23-10)12(15(16(19)20)17(21)22)9-13(18)11-5-3-2-4-6-11/h2-8,12,15H,9H2,1H3,(H,19,20)(H,21,22). The molecule has 0 aliphatic heterocycles. The molecule has 0 spiro atoms. The zero-order valence-electron chi connectivity index (χ0n) is 12.4. The lowest BCUT2D eigenvalue weighted by molar-refractivity contribution is -0.155. The van der Waals surface area contributed by atoms with Crippen molar-refractivity contribution in [1.29, 1.82) is 0 Å². The summed E-state index contributed by atoms with van der Waals surface area (Å²) in [6, 6.07) is 11.4. The van der Waals surface area contributed by atoms with Gasteiger partial charge in [-0.1, -0.05) is 30.3 Å². The number of aryl methyl sites for hydroxylation is 1. The summed E-state index contributed by atoms with van der Waals surface area (Å²) in [6.45, 7) is 1.66. The summed E-state index contributed by atoms with van der Waals surface area (Å²) in [4.78, 5) is 35.1. The third-order valence-corrected chi connectivity index (χ3v) is 3.56. The Bertz CT molecular complexity index is 702. The maximum absolute atomic E-state index is 12.4. The summed E-state index contributed by atoms with van der Waals surface area (Å²) in [5.41, 5.74) is 0.398. The smallest absolute Gasteiger partial charge is 0.318 e. The van der Waals surface area contributed by atoms with E-state index in [2.05, 4.69) is 0 Å². The number of carbonyl (C=O) groups is 3. The van der Waals surface area contributed by atoms with Gasteiger partial charge in [0.1, 0.15) is 11.5 Å². The number of hydrogen-bond donors (Lipinski definition) is 2. The van der Waals surface area contributed by atoms with Crippen LogP contribution >= 0.6 is 0 Å². The van der Waals surface area contributed by atoms with Crippen LogP contribution in [0.1, 0.15) is 34.2 Å².